The second-order valence-electron chi connectivity index (χ2n) is 5.77. The van der Waals surface area contributed by atoms with Gasteiger partial charge in [0.1, 0.15) is 5.75 Å². The van der Waals surface area contributed by atoms with Crippen LogP contribution < -0.4 is 0 Å². The zero-order valence-corrected chi connectivity index (χ0v) is 13.3. The number of benzene rings is 2. The molecule has 21 heavy (non-hydrogen) atoms. The summed E-state index contributed by atoms with van der Waals surface area (Å²) in [7, 11) is 0. The van der Waals surface area contributed by atoms with Crippen LogP contribution in [0, 0.1) is 0 Å². The third-order valence-electron chi connectivity index (χ3n) is 4.05. The van der Waals surface area contributed by atoms with Gasteiger partial charge in [0.2, 0.25) is 0 Å². The molecule has 114 valence electrons. The Hall–Kier alpha value is -1.54. The van der Waals surface area contributed by atoms with Gasteiger partial charge in [-0.3, -0.25) is 4.90 Å². The number of phenols is 1. The van der Waals surface area contributed by atoms with Crippen LogP contribution in [0.25, 0.3) is 10.8 Å². The smallest absolute Gasteiger partial charge is 0.120 e. The molecule has 2 rings (SSSR count). The van der Waals surface area contributed by atoms with Crippen molar-refractivity contribution in [2.75, 3.05) is 13.1 Å². The predicted molar refractivity (Wildman–Crippen MR) is 90.7 cm³/mol. The van der Waals surface area contributed by atoms with E-state index >= 15 is 0 Å². The van der Waals surface area contributed by atoms with Gasteiger partial charge < -0.3 is 5.11 Å². The number of aromatic hydroxyl groups is 1. The van der Waals surface area contributed by atoms with Crippen LogP contribution in [0.4, 0.5) is 0 Å². The maximum absolute atomic E-state index is 10.3. The maximum Gasteiger partial charge on any atom is 0.120 e. The van der Waals surface area contributed by atoms with Gasteiger partial charge in [0.15, 0.2) is 0 Å². The van der Waals surface area contributed by atoms with Crippen molar-refractivity contribution in [3.8, 4) is 5.75 Å². The van der Waals surface area contributed by atoms with Crippen molar-refractivity contribution < 1.29 is 5.11 Å². The largest absolute Gasteiger partial charge is 0.508 e. The number of hydrogen-bond donors (Lipinski definition) is 1. The molecular weight excluding hydrogens is 258 g/mol. The molecular formula is C19H27NO. The van der Waals surface area contributed by atoms with Crippen LogP contribution >= 0.6 is 0 Å². The first-order valence-electron chi connectivity index (χ1n) is 8.18. The second kappa shape index (κ2) is 8.04. The molecule has 0 aliphatic rings. The lowest BCUT2D eigenvalue weighted by atomic mass is 10.0. The Balaban J connectivity index is 2.24. The summed E-state index contributed by atoms with van der Waals surface area (Å²) in [6, 6.07) is 12.2. The molecule has 0 fully saturated rings. The summed E-state index contributed by atoms with van der Waals surface area (Å²) in [5, 5.41) is 12.7. The van der Waals surface area contributed by atoms with Gasteiger partial charge in [0.05, 0.1) is 0 Å². The lowest BCUT2D eigenvalue weighted by Crippen LogP contribution is -2.25. The minimum absolute atomic E-state index is 0.423. The Morgan fingerprint density at radius 2 is 1.57 bits per heavy atom. The van der Waals surface area contributed by atoms with Crippen LogP contribution in [0.3, 0.4) is 0 Å². The molecule has 2 aromatic rings. The summed E-state index contributed by atoms with van der Waals surface area (Å²) in [5.74, 6) is 0.423. The van der Waals surface area contributed by atoms with Crippen LogP contribution in [-0.2, 0) is 6.54 Å². The summed E-state index contributed by atoms with van der Waals surface area (Å²) in [6.07, 6.45) is 4.86. The molecule has 1 N–H and O–H groups in total. The quantitative estimate of drug-likeness (QED) is 0.742. The monoisotopic (exact) mass is 285 g/mol. The average molecular weight is 285 g/mol. The van der Waals surface area contributed by atoms with E-state index in [0.29, 0.717) is 5.75 Å². The molecule has 0 saturated heterocycles. The molecule has 2 aromatic carbocycles. The fraction of sp³-hybridized carbons (Fsp3) is 0.474. The first kappa shape index (κ1) is 15.8. The van der Waals surface area contributed by atoms with Crippen molar-refractivity contribution in [2.45, 2.75) is 46.1 Å². The van der Waals surface area contributed by atoms with Crippen molar-refractivity contribution in [2.24, 2.45) is 0 Å². The normalized spacial score (nSPS) is 11.4. The third kappa shape index (κ3) is 4.21. The Labute approximate surface area is 128 Å². The molecule has 0 spiro atoms. The van der Waals surface area contributed by atoms with Crippen LogP contribution in [0.5, 0.6) is 5.75 Å². The van der Waals surface area contributed by atoms with Gasteiger partial charge in [-0.05, 0) is 42.8 Å². The average Bonchev–Trinajstić information content (AvgIpc) is 2.52. The number of nitrogens with zero attached hydrogens (tertiary/aromatic N) is 1. The maximum atomic E-state index is 10.3. The SMILES string of the molecule is CCCCN(CCCC)Cc1c(O)ccc2ccccc12. The number of fused-ring (bicyclic) bond motifs is 1. The molecule has 0 bridgehead atoms. The highest BCUT2D eigenvalue weighted by Crippen LogP contribution is 2.28. The van der Waals surface area contributed by atoms with Crippen molar-refractivity contribution in [3.05, 3.63) is 42.0 Å². The molecule has 0 amide bonds. The number of unbranched alkanes of at least 4 members (excludes halogenated alkanes) is 2. The van der Waals surface area contributed by atoms with Gasteiger partial charge in [-0.2, -0.15) is 0 Å². The van der Waals surface area contributed by atoms with E-state index in [0.717, 1.165) is 25.2 Å². The van der Waals surface area contributed by atoms with Gasteiger partial charge >= 0.3 is 0 Å². The van der Waals surface area contributed by atoms with Crippen molar-refractivity contribution in [1.29, 1.82) is 0 Å². The minimum atomic E-state index is 0.423. The predicted octanol–water partition coefficient (Wildman–Crippen LogP) is 4.95. The van der Waals surface area contributed by atoms with E-state index in [-0.39, 0.29) is 0 Å². The first-order chi connectivity index (χ1) is 10.3. The molecule has 0 aliphatic heterocycles. The Kier molecular flexibility index (Phi) is 6.06. The summed E-state index contributed by atoms with van der Waals surface area (Å²) < 4.78 is 0. The Morgan fingerprint density at radius 3 is 2.24 bits per heavy atom. The van der Waals surface area contributed by atoms with E-state index < -0.39 is 0 Å². The van der Waals surface area contributed by atoms with Crippen LogP contribution in [0.2, 0.25) is 0 Å². The zero-order chi connectivity index (χ0) is 15.1. The van der Waals surface area contributed by atoms with Gasteiger partial charge in [0.25, 0.3) is 0 Å². The molecule has 0 radical (unpaired) electrons. The number of hydrogen-bond acceptors (Lipinski definition) is 2. The summed E-state index contributed by atoms with van der Waals surface area (Å²) in [5.41, 5.74) is 1.07. The number of phenolic OH excluding ortho intramolecular Hbond substituents is 1. The molecule has 0 unspecified atom stereocenters. The molecule has 0 heterocycles. The summed E-state index contributed by atoms with van der Waals surface area (Å²) >= 11 is 0. The lowest BCUT2D eigenvalue weighted by Gasteiger charge is -2.23. The molecule has 0 aliphatic carbocycles. The van der Waals surface area contributed by atoms with Crippen molar-refractivity contribution in [1.82, 2.24) is 4.90 Å². The molecule has 2 nitrogen and oxygen atoms in total. The van der Waals surface area contributed by atoms with Gasteiger partial charge in [-0.15, -0.1) is 0 Å². The van der Waals surface area contributed by atoms with Gasteiger partial charge in [0, 0.05) is 12.1 Å². The minimum Gasteiger partial charge on any atom is -0.508 e. The fourth-order valence-electron chi connectivity index (χ4n) is 2.75. The standard InChI is InChI=1S/C19H27NO/c1-3-5-13-20(14-6-4-2)15-18-17-10-8-7-9-16(17)11-12-19(18)21/h7-12,21H,3-6,13-15H2,1-2H3. The lowest BCUT2D eigenvalue weighted by molar-refractivity contribution is 0.255. The van der Waals surface area contributed by atoms with E-state index in [1.165, 1.54) is 36.5 Å². The summed E-state index contributed by atoms with van der Waals surface area (Å²) in [4.78, 5) is 2.48. The molecule has 0 aromatic heterocycles. The van der Waals surface area contributed by atoms with E-state index in [1.54, 1.807) is 0 Å². The second-order valence-corrected chi connectivity index (χ2v) is 5.77. The van der Waals surface area contributed by atoms with E-state index in [1.807, 2.05) is 18.2 Å². The highest BCUT2D eigenvalue weighted by Gasteiger charge is 2.11. The first-order valence-corrected chi connectivity index (χ1v) is 8.18. The van der Waals surface area contributed by atoms with Crippen molar-refractivity contribution in [3.63, 3.8) is 0 Å². The van der Waals surface area contributed by atoms with E-state index in [9.17, 15) is 5.11 Å². The van der Waals surface area contributed by atoms with Crippen LogP contribution in [-0.4, -0.2) is 23.1 Å². The van der Waals surface area contributed by atoms with Gasteiger partial charge in [-0.25, -0.2) is 0 Å². The Morgan fingerprint density at radius 1 is 0.905 bits per heavy atom. The van der Waals surface area contributed by atoms with Gasteiger partial charge in [-0.1, -0.05) is 57.0 Å². The van der Waals surface area contributed by atoms with E-state index in [2.05, 4.69) is 36.9 Å². The van der Waals surface area contributed by atoms with Crippen molar-refractivity contribution >= 4 is 10.8 Å². The molecule has 2 heteroatoms. The topological polar surface area (TPSA) is 23.5 Å². The highest BCUT2D eigenvalue weighted by atomic mass is 16.3. The van der Waals surface area contributed by atoms with Crippen LogP contribution in [0.1, 0.15) is 45.1 Å². The Bertz CT molecular complexity index is 556. The summed E-state index contributed by atoms with van der Waals surface area (Å²) in [6.45, 7) is 7.52. The zero-order valence-electron chi connectivity index (χ0n) is 13.3. The van der Waals surface area contributed by atoms with E-state index in [4.69, 9.17) is 0 Å². The van der Waals surface area contributed by atoms with Crippen LogP contribution in [0.15, 0.2) is 36.4 Å². The fourth-order valence-corrected chi connectivity index (χ4v) is 2.75. The molecule has 0 atom stereocenters. The number of rotatable bonds is 8. The highest BCUT2D eigenvalue weighted by molar-refractivity contribution is 5.87. The third-order valence-corrected chi connectivity index (χ3v) is 4.05. The molecule has 0 saturated carbocycles.